The Balaban J connectivity index is 1.58. The van der Waals surface area contributed by atoms with Gasteiger partial charge in [0.25, 0.3) is 0 Å². The number of carbonyl (C=O) groups is 1. The molecule has 23 heavy (non-hydrogen) atoms. The fourth-order valence-corrected chi connectivity index (χ4v) is 3.31. The number of hydrogen-bond donors (Lipinski definition) is 1. The number of amides is 1. The van der Waals surface area contributed by atoms with Crippen molar-refractivity contribution in [3.05, 3.63) is 70.7 Å². The van der Waals surface area contributed by atoms with Crippen LogP contribution in [0.1, 0.15) is 37.3 Å². The first-order chi connectivity index (χ1) is 11.0. The monoisotopic (exact) mass is 327 g/mol. The van der Waals surface area contributed by atoms with Crippen LogP contribution in [0.15, 0.2) is 54.6 Å². The molecular formula is C20H22ClNO. The fraction of sp³-hybridized carbons (Fsp3) is 0.350. The Morgan fingerprint density at radius 3 is 2.48 bits per heavy atom. The molecule has 120 valence electrons. The van der Waals surface area contributed by atoms with Crippen LogP contribution < -0.4 is 5.32 Å². The molecular weight excluding hydrogens is 306 g/mol. The van der Waals surface area contributed by atoms with Crippen molar-refractivity contribution >= 4 is 17.5 Å². The Bertz CT molecular complexity index is 696. The Labute approximate surface area is 142 Å². The lowest BCUT2D eigenvalue weighted by molar-refractivity contribution is -0.122. The van der Waals surface area contributed by atoms with E-state index in [2.05, 4.69) is 31.3 Å². The SMILES string of the molecule is CC(C)(CNC(=O)C1CC1c1ccccc1Cl)c1ccccc1. The molecule has 0 aliphatic heterocycles. The molecule has 0 heterocycles. The van der Waals surface area contributed by atoms with Gasteiger partial charge in [-0.15, -0.1) is 0 Å². The summed E-state index contributed by atoms with van der Waals surface area (Å²) in [5.74, 6) is 0.462. The Morgan fingerprint density at radius 1 is 1.13 bits per heavy atom. The summed E-state index contributed by atoms with van der Waals surface area (Å²) in [4.78, 5) is 12.4. The van der Waals surface area contributed by atoms with Crippen molar-refractivity contribution in [1.82, 2.24) is 5.32 Å². The zero-order chi connectivity index (χ0) is 16.4. The van der Waals surface area contributed by atoms with Gasteiger partial charge in [-0.25, -0.2) is 0 Å². The lowest BCUT2D eigenvalue weighted by Crippen LogP contribution is -2.37. The van der Waals surface area contributed by atoms with Crippen LogP contribution in [-0.2, 0) is 10.2 Å². The predicted molar refractivity (Wildman–Crippen MR) is 94.8 cm³/mol. The highest BCUT2D eigenvalue weighted by molar-refractivity contribution is 6.31. The highest BCUT2D eigenvalue weighted by Gasteiger charge is 2.44. The van der Waals surface area contributed by atoms with Gasteiger partial charge < -0.3 is 5.32 Å². The van der Waals surface area contributed by atoms with E-state index >= 15 is 0 Å². The normalized spacial score (nSPS) is 20.1. The van der Waals surface area contributed by atoms with Crippen molar-refractivity contribution in [2.75, 3.05) is 6.54 Å². The molecule has 1 fully saturated rings. The van der Waals surface area contributed by atoms with E-state index in [-0.39, 0.29) is 23.2 Å². The molecule has 0 spiro atoms. The van der Waals surface area contributed by atoms with Crippen LogP contribution in [0, 0.1) is 5.92 Å². The van der Waals surface area contributed by atoms with E-state index in [0.29, 0.717) is 6.54 Å². The van der Waals surface area contributed by atoms with Gasteiger partial charge >= 0.3 is 0 Å². The first kappa shape index (κ1) is 16.1. The second-order valence-electron chi connectivity index (χ2n) is 6.94. The molecule has 1 aliphatic rings. The van der Waals surface area contributed by atoms with E-state index < -0.39 is 0 Å². The predicted octanol–water partition coefficient (Wildman–Crippen LogP) is 4.54. The summed E-state index contributed by atoms with van der Waals surface area (Å²) in [5.41, 5.74) is 2.25. The average molecular weight is 328 g/mol. The van der Waals surface area contributed by atoms with E-state index in [1.54, 1.807) is 0 Å². The standard InChI is InChI=1S/C20H22ClNO/c1-20(2,14-8-4-3-5-9-14)13-22-19(23)17-12-16(17)15-10-6-7-11-18(15)21/h3-11,16-17H,12-13H2,1-2H3,(H,22,23). The molecule has 2 atom stereocenters. The third kappa shape index (κ3) is 3.59. The van der Waals surface area contributed by atoms with E-state index in [9.17, 15) is 4.79 Å². The minimum Gasteiger partial charge on any atom is -0.355 e. The van der Waals surface area contributed by atoms with Crippen LogP contribution in [0.5, 0.6) is 0 Å². The second kappa shape index (κ2) is 6.37. The third-order valence-corrected chi connectivity index (χ3v) is 5.04. The van der Waals surface area contributed by atoms with Gasteiger partial charge in [-0.2, -0.15) is 0 Å². The first-order valence-electron chi connectivity index (χ1n) is 8.07. The van der Waals surface area contributed by atoms with Gasteiger partial charge in [-0.05, 0) is 29.5 Å². The van der Waals surface area contributed by atoms with Gasteiger partial charge in [0, 0.05) is 22.9 Å². The lowest BCUT2D eigenvalue weighted by atomic mass is 9.84. The van der Waals surface area contributed by atoms with Crippen LogP contribution >= 0.6 is 11.6 Å². The highest BCUT2D eigenvalue weighted by Crippen LogP contribution is 2.49. The molecule has 1 amide bonds. The molecule has 2 aromatic rings. The molecule has 0 saturated heterocycles. The largest absolute Gasteiger partial charge is 0.355 e. The maximum absolute atomic E-state index is 12.4. The average Bonchev–Trinajstić information content (AvgIpc) is 3.34. The van der Waals surface area contributed by atoms with Crippen molar-refractivity contribution in [2.24, 2.45) is 5.92 Å². The van der Waals surface area contributed by atoms with Gasteiger partial charge in [0.05, 0.1) is 0 Å². The van der Waals surface area contributed by atoms with Crippen LogP contribution in [0.25, 0.3) is 0 Å². The summed E-state index contributed by atoms with van der Waals surface area (Å²) in [7, 11) is 0. The molecule has 1 N–H and O–H groups in total. The quantitative estimate of drug-likeness (QED) is 0.858. The van der Waals surface area contributed by atoms with E-state index in [1.165, 1.54) is 5.56 Å². The van der Waals surface area contributed by atoms with Crippen LogP contribution in [0.3, 0.4) is 0 Å². The Kier molecular flexibility index (Phi) is 4.45. The zero-order valence-corrected chi connectivity index (χ0v) is 14.3. The van der Waals surface area contributed by atoms with Crippen molar-refractivity contribution in [3.8, 4) is 0 Å². The number of hydrogen-bond acceptors (Lipinski definition) is 1. The zero-order valence-electron chi connectivity index (χ0n) is 13.6. The fourth-order valence-electron chi connectivity index (χ4n) is 3.03. The number of halogens is 1. The van der Waals surface area contributed by atoms with E-state index in [1.807, 2.05) is 42.5 Å². The van der Waals surface area contributed by atoms with Crippen molar-refractivity contribution in [2.45, 2.75) is 31.6 Å². The molecule has 2 nitrogen and oxygen atoms in total. The van der Waals surface area contributed by atoms with Gasteiger partial charge in [0.15, 0.2) is 0 Å². The molecule has 1 aliphatic carbocycles. The summed E-state index contributed by atoms with van der Waals surface area (Å²) in [6.45, 7) is 4.95. The maximum atomic E-state index is 12.4. The van der Waals surface area contributed by atoms with Crippen molar-refractivity contribution < 1.29 is 4.79 Å². The first-order valence-corrected chi connectivity index (χ1v) is 8.44. The molecule has 0 radical (unpaired) electrons. The maximum Gasteiger partial charge on any atom is 0.223 e. The number of rotatable bonds is 5. The Morgan fingerprint density at radius 2 is 1.78 bits per heavy atom. The molecule has 0 bridgehead atoms. The van der Waals surface area contributed by atoms with Crippen LogP contribution in [-0.4, -0.2) is 12.5 Å². The van der Waals surface area contributed by atoms with E-state index in [4.69, 9.17) is 11.6 Å². The molecule has 2 aromatic carbocycles. The summed E-state index contributed by atoms with van der Waals surface area (Å²) < 4.78 is 0. The summed E-state index contributed by atoms with van der Waals surface area (Å²) >= 11 is 6.23. The minimum atomic E-state index is -0.0777. The summed E-state index contributed by atoms with van der Waals surface area (Å²) in [6, 6.07) is 18.1. The third-order valence-electron chi connectivity index (χ3n) is 4.69. The number of nitrogens with one attached hydrogen (secondary N) is 1. The summed E-state index contributed by atoms with van der Waals surface area (Å²) in [5, 5.41) is 3.88. The van der Waals surface area contributed by atoms with Gasteiger partial charge in [-0.1, -0.05) is 74.0 Å². The van der Waals surface area contributed by atoms with Crippen molar-refractivity contribution in [1.29, 1.82) is 0 Å². The molecule has 3 heteroatoms. The van der Waals surface area contributed by atoms with Gasteiger partial charge in [-0.3, -0.25) is 4.79 Å². The van der Waals surface area contributed by atoms with Crippen molar-refractivity contribution in [3.63, 3.8) is 0 Å². The lowest BCUT2D eigenvalue weighted by Gasteiger charge is -2.25. The summed E-state index contributed by atoms with van der Waals surface area (Å²) in [6.07, 6.45) is 0.890. The van der Waals surface area contributed by atoms with Gasteiger partial charge in [0.2, 0.25) is 5.91 Å². The Hall–Kier alpha value is -1.80. The minimum absolute atomic E-state index is 0.0569. The van der Waals surface area contributed by atoms with Gasteiger partial charge in [0.1, 0.15) is 0 Å². The number of benzene rings is 2. The van der Waals surface area contributed by atoms with Crippen LogP contribution in [0.4, 0.5) is 0 Å². The molecule has 1 saturated carbocycles. The highest BCUT2D eigenvalue weighted by atomic mass is 35.5. The number of carbonyl (C=O) groups excluding carboxylic acids is 1. The van der Waals surface area contributed by atoms with E-state index in [0.717, 1.165) is 17.0 Å². The molecule has 0 aromatic heterocycles. The smallest absolute Gasteiger partial charge is 0.223 e. The van der Waals surface area contributed by atoms with Crippen LogP contribution in [0.2, 0.25) is 5.02 Å². The second-order valence-corrected chi connectivity index (χ2v) is 7.35. The molecule has 2 unspecified atom stereocenters. The molecule has 3 rings (SSSR count). The topological polar surface area (TPSA) is 29.1 Å².